The number of nitrogens with one attached hydrogen (secondary N) is 1. The largest absolute Gasteiger partial charge is 0.399 e. The van der Waals surface area contributed by atoms with Gasteiger partial charge in [-0.3, -0.25) is 0 Å². The van der Waals surface area contributed by atoms with Crippen LogP contribution in [-0.2, 0) is 0 Å². The Kier molecular flexibility index (Phi) is 6.04. The molecular weight excluding hydrogens is 392 g/mol. The van der Waals surface area contributed by atoms with Crippen molar-refractivity contribution in [2.24, 2.45) is 0 Å². The summed E-state index contributed by atoms with van der Waals surface area (Å²) in [5.74, 6) is 0. The molecule has 4 aromatic rings. The molecule has 0 aliphatic heterocycles. The van der Waals surface area contributed by atoms with Gasteiger partial charge in [-0.25, -0.2) is 10.6 Å². The number of hydrogen-bond donors (Lipinski definition) is 2. The second kappa shape index (κ2) is 9.06. The van der Waals surface area contributed by atoms with Gasteiger partial charge in [0.1, 0.15) is 0 Å². The summed E-state index contributed by atoms with van der Waals surface area (Å²) in [5.41, 5.74) is 17.1. The molecule has 3 N–H and O–H groups in total. The van der Waals surface area contributed by atoms with E-state index < -0.39 is 0 Å². The molecule has 0 spiro atoms. The number of nitrogens with zero attached hydrogens (tertiary/aromatic N) is 2. The fourth-order valence-electron chi connectivity index (χ4n) is 3.57. The molecule has 4 aromatic carbocycles. The lowest BCUT2D eigenvalue weighted by Gasteiger charge is -2.14. The standard InChI is InChI=1S/C28H28N4/c1-18-7-5-6-8-26(18)30-23-10-13-28(20(3)16-23)32-24-11-14-27(21(4)17-24)31-22-9-12-25(29)19(2)15-22/h5-17,32H,29H2,1-4H3. The Morgan fingerprint density at radius 2 is 1.25 bits per heavy atom. The first kappa shape index (κ1) is 21.3. The average Bonchev–Trinajstić information content (AvgIpc) is 2.76. The predicted molar refractivity (Wildman–Crippen MR) is 135 cm³/mol. The van der Waals surface area contributed by atoms with Crippen LogP contribution in [0.3, 0.4) is 0 Å². The predicted octanol–water partition coefficient (Wildman–Crippen LogP) is 7.38. The number of hydrogen-bond acceptors (Lipinski definition) is 2. The average molecular weight is 421 g/mol. The molecule has 32 heavy (non-hydrogen) atoms. The van der Waals surface area contributed by atoms with Crippen LogP contribution in [0, 0.1) is 27.7 Å². The lowest BCUT2D eigenvalue weighted by atomic mass is 10.1. The van der Waals surface area contributed by atoms with Crippen molar-refractivity contribution in [3.63, 3.8) is 0 Å². The highest BCUT2D eigenvalue weighted by atomic mass is 14.9. The lowest BCUT2D eigenvalue weighted by molar-refractivity contribution is 1.15. The summed E-state index contributed by atoms with van der Waals surface area (Å²) in [6.45, 7) is 8.24. The molecule has 0 saturated heterocycles. The van der Waals surface area contributed by atoms with Crippen molar-refractivity contribution >= 4 is 39.8 Å². The van der Waals surface area contributed by atoms with Gasteiger partial charge in [-0.2, -0.15) is 0 Å². The van der Waals surface area contributed by atoms with E-state index >= 15 is 0 Å². The number of nitrogen functional groups attached to an aromatic ring is 1. The van der Waals surface area contributed by atoms with Gasteiger partial charge in [-0.1, -0.05) is 18.2 Å². The summed E-state index contributed by atoms with van der Waals surface area (Å²) in [6.07, 6.45) is 0. The van der Waals surface area contributed by atoms with E-state index in [0.717, 1.165) is 56.5 Å². The molecule has 0 aliphatic rings. The number of rotatable bonds is 6. The van der Waals surface area contributed by atoms with E-state index in [-0.39, 0.29) is 0 Å². The van der Waals surface area contributed by atoms with Crippen LogP contribution in [0.25, 0.3) is 0 Å². The molecule has 0 saturated carbocycles. The van der Waals surface area contributed by atoms with E-state index in [4.69, 9.17) is 16.4 Å². The topological polar surface area (TPSA) is 66.2 Å². The normalized spacial score (nSPS) is 10.6. The number of nitrogens with two attached hydrogens (primary N) is 1. The third-order valence-corrected chi connectivity index (χ3v) is 5.55. The summed E-state index contributed by atoms with van der Waals surface area (Å²) in [5, 5.41) is 13.1. The van der Waals surface area contributed by atoms with Crippen LogP contribution in [0.15, 0.2) is 78.9 Å². The maximum absolute atomic E-state index is 5.92. The number of aryl methyl sites for hydroxylation is 4. The Labute approximate surface area is 190 Å². The lowest BCUT2D eigenvalue weighted by Crippen LogP contribution is -1.98. The Morgan fingerprint density at radius 1 is 0.594 bits per heavy atom. The molecule has 160 valence electrons. The summed E-state index contributed by atoms with van der Waals surface area (Å²) < 4.78 is 0. The minimum absolute atomic E-state index is 0.785. The van der Waals surface area contributed by atoms with Crippen molar-refractivity contribution in [1.82, 2.24) is 10.6 Å². The minimum atomic E-state index is 0.785. The van der Waals surface area contributed by atoms with Crippen molar-refractivity contribution in [1.29, 1.82) is 0 Å². The van der Waals surface area contributed by atoms with Crippen LogP contribution in [0.5, 0.6) is 0 Å². The van der Waals surface area contributed by atoms with E-state index in [9.17, 15) is 0 Å². The van der Waals surface area contributed by atoms with Gasteiger partial charge in [0, 0.05) is 17.1 Å². The van der Waals surface area contributed by atoms with E-state index in [2.05, 4.69) is 56.4 Å². The van der Waals surface area contributed by atoms with Gasteiger partial charge in [-0.15, -0.1) is 0 Å². The first-order valence-electron chi connectivity index (χ1n) is 10.7. The van der Waals surface area contributed by atoms with Gasteiger partial charge in [-0.05, 0) is 111 Å². The number of para-hydroxylation sites is 1. The zero-order valence-electron chi connectivity index (χ0n) is 19.0. The Bertz CT molecular complexity index is 1260. The molecule has 0 fully saturated rings. The summed E-state index contributed by atoms with van der Waals surface area (Å²) >= 11 is 0. The monoisotopic (exact) mass is 420 g/mol. The summed E-state index contributed by atoms with van der Waals surface area (Å²) in [6, 6.07) is 26.5. The highest BCUT2D eigenvalue weighted by Gasteiger charge is 2.07. The zero-order chi connectivity index (χ0) is 22.7. The van der Waals surface area contributed by atoms with E-state index in [1.54, 1.807) is 0 Å². The van der Waals surface area contributed by atoms with Gasteiger partial charge in [0.2, 0.25) is 0 Å². The summed E-state index contributed by atoms with van der Waals surface area (Å²) in [4.78, 5) is 0. The quantitative estimate of drug-likeness (QED) is 0.320. The maximum atomic E-state index is 5.92. The molecule has 0 bridgehead atoms. The van der Waals surface area contributed by atoms with Crippen LogP contribution in [-0.4, -0.2) is 0 Å². The van der Waals surface area contributed by atoms with Crippen molar-refractivity contribution in [3.8, 4) is 0 Å². The van der Waals surface area contributed by atoms with E-state index in [1.807, 2.05) is 55.5 Å². The van der Waals surface area contributed by atoms with Crippen LogP contribution in [0.1, 0.15) is 22.3 Å². The van der Waals surface area contributed by atoms with Crippen molar-refractivity contribution < 1.29 is 0 Å². The number of benzene rings is 4. The molecule has 0 unspecified atom stereocenters. The van der Waals surface area contributed by atoms with Crippen LogP contribution >= 0.6 is 0 Å². The van der Waals surface area contributed by atoms with E-state index in [0.29, 0.717) is 0 Å². The molecule has 0 aliphatic carbocycles. The molecule has 4 nitrogen and oxygen atoms in total. The molecule has 0 heterocycles. The first-order valence-corrected chi connectivity index (χ1v) is 10.7. The SMILES string of the molecule is Cc1cc([N]c2ccc(Nc3ccc([N]c4ccccc4C)cc3C)cc2C)ccc1N. The Hall–Kier alpha value is -3.92. The first-order chi connectivity index (χ1) is 15.4. The second-order valence-electron chi connectivity index (χ2n) is 8.18. The van der Waals surface area contributed by atoms with Gasteiger partial charge >= 0.3 is 0 Å². The zero-order valence-corrected chi connectivity index (χ0v) is 19.0. The Balaban J connectivity index is 1.47. The third-order valence-electron chi connectivity index (χ3n) is 5.55. The van der Waals surface area contributed by atoms with Gasteiger partial charge in [0.15, 0.2) is 0 Å². The van der Waals surface area contributed by atoms with Crippen LogP contribution in [0.4, 0.5) is 39.8 Å². The maximum Gasteiger partial charge on any atom is 0.0667 e. The van der Waals surface area contributed by atoms with Crippen molar-refractivity contribution in [3.05, 3.63) is 101 Å². The fraction of sp³-hybridized carbons (Fsp3) is 0.143. The minimum Gasteiger partial charge on any atom is -0.399 e. The van der Waals surface area contributed by atoms with Crippen molar-refractivity contribution in [2.45, 2.75) is 27.7 Å². The highest BCUT2D eigenvalue weighted by molar-refractivity contribution is 5.69. The smallest absolute Gasteiger partial charge is 0.0667 e. The molecular formula is C28H28N4. The molecule has 0 atom stereocenters. The highest BCUT2D eigenvalue weighted by Crippen LogP contribution is 2.30. The fourth-order valence-corrected chi connectivity index (χ4v) is 3.57. The van der Waals surface area contributed by atoms with Crippen molar-refractivity contribution in [2.75, 3.05) is 11.1 Å². The molecule has 4 rings (SSSR count). The molecule has 2 radical (unpaired) electrons. The second-order valence-corrected chi connectivity index (χ2v) is 8.18. The van der Waals surface area contributed by atoms with E-state index in [1.165, 1.54) is 5.56 Å². The Morgan fingerprint density at radius 3 is 1.91 bits per heavy atom. The van der Waals surface area contributed by atoms with Crippen LogP contribution in [0.2, 0.25) is 0 Å². The summed E-state index contributed by atoms with van der Waals surface area (Å²) in [7, 11) is 0. The third kappa shape index (κ3) is 4.86. The number of anilines is 3. The van der Waals surface area contributed by atoms with Gasteiger partial charge in [0.25, 0.3) is 0 Å². The van der Waals surface area contributed by atoms with Crippen LogP contribution < -0.4 is 21.7 Å². The molecule has 0 aromatic heterocycles. The van der Waals surface area contributed by atoms with Gasteiger partial charge in [0.05, 0.1) is 22.7 Å². The molecule has 4 heteroatoms. The molecule has 0 amide bonds. The van der Waals surface area contributed by atoms with Gasteiger partial charge < -0.3 is 11.1 Å².